The predicted molar refractivity (Wildman–Crippen MR) is 342 cm³/mol. The number of hydrogen-bond donors (Lipinski definition) is 3. The number of ketones is 3. The van der Waals surface area contributed by atoms with Gasteiger partial charge in [0.05, 0.1) is 55.8 Å². The van der Waals surface area contributed by atoms with Gasteiger partial charge in [-0.2, -0.15) is 0 Å². The third-order valence-corrected chi connectivity index (χ3v) is 18.5. The van der Waals surface area contributed by atoms with Gasteiger partial charge in [0.25, 0.3) is 11.8 Å². The second kappa shape index (κ2) is 36.5. The number of para-hydroxylation sites is 1. The highest BCUT2D eigenvalue weighted by Gasteiger charge is 2.44. The first-order valence-electron chi connectivity index (χ1n) is 32.9. The van der Waals surface area contributed by atoms with Crippen LogP contribution >= 0.6 is 0 Å². The van der Waals surface area contributed by atoms with Gasteiger partial charge < -0.3 is 39.6 Å². The largest absolute Gasteiger partial charge is 0.460 e. The number of H-pyrrole nitrogens is 1. The van der Waals surface area contributed by atoms with Gasteiger partial charge in [0.2, 0.25) is 29.5 Å². The molecule has 506 valence electrons. The first-order valence-corrected chi connectivity index (χ1v) is 32.9. The number of carbonyl (C=O) groups is 11. The number of ether oxygens (including phenoxy) is 3. The lowest BCUT2D eigenvalue weighted by Gasteiger charge is -2.41. The van der Waals surface area contributed by atoms with Gasteiger partial charge >= 0.3 is 5.97 Å². The number of Topliss-reactive ketones (excluding diaryl/α,β-unsaturated/α-hetero) is 3. The van der Waals surface area contributed by atoms with Crippen LogP contribution in [0.4, 0.5) is 0 Å². The number of imide groups is 1. The molecule has 0 bridgehead atoms. The Kier molecular flexibility index (Phi) is 30.1. The lowest BCUT2D eigenvalue weighted by Crippen LogP contribution is -2.54. The average Bonchev–Trinajstić information content (AvgIpc) is 1.91. The molecule has 0 aliphatic carbocycles. The van der Waals surface area contributed by atoms with E-state index in [-0.39, 0.29) is 104 Å². The van der Waals surface area contributed by atoms with Crippen molar-refractivity contribution in [3.05, 3.63) is 48.2 Å². The molecule has 0 radical (unpaired) electrons. The van der Waals surface area contributed by atoms with Crippen LogP contribution in [-0.4, -0.2) is 204 Å². The van der Waals surface area contributed by atoms with Crippen LogP contribution in [0.15, 0.2) is 42.6 Å². The summed E-state index contributed by atoms with van der Waals surface area (Å²) in [4.78, 5) is 163. The van der Waals surface area contributed by atoms with Crippen LogP contribution < -0.4 is 10.6 Å². The number of benzene rings is 1. The van der Waals surface area contributed by atoms with Crippen molar-refractivity contribution in [3.8, 4) is 0 Å². The van der Waals surface area contributed by atoms with Gasteiger partial charge in [0, 0.05) is 115 Å². The van der Waals surface area contributed by atoms with E-state index in [1.54, 1.807) is 31.0 Å². The van der Waals surface area contributed by atoms with Crippen molar-refractivity contribution in [2.75, 3.05) is 67.6 Å². The third kappa shape index (κ3) is 21.2. The molecule has 0 saturated carbocycles. The quantitative estimate of drug-likeness (QED) is 0.0374. The van der Waals surface area contributed by atoms with E-state index in [4.69, 9.17) is 19.0 Å². The molecule has 1 aromatic heterocycles. The molecule has 7 amide bonds. The van der Waals surface area contributed by atoms with E-state index in [0.717, 1.165) is 34.2 Å². The van der Waals surface area contributed by atoms with Crippen LogP contribution in [0.5, 0.6) is 0 Å². The Morgan fingerprint density at radius 3 is 2.12 bits per heavy atom. The number of esters is 1. The van der Waals surface area contributed by atoms with Crippen molar-refractivity contribution < 1.29 is 71.8 Å². The standard InChI is InChI=1S/C68H104N8O15/c1-14-44(6)65(57(88-12)39-61(84)74-33-22-26-53(74)66(89-13)45(7)54(78)37-48(67(86)76-34-20-21-35-90-76)36-49-40-69-52-25-18-17-24-50(49)52)73(11)68(87)51(42(2)3)38-55(79)64(43(4)5)72(10)31-23-28-62(85)91-46(8)63(71-47(9)77)56(80)41-70-58(81)27-16-15-19-32-75-59(82)29-30-60(75)83/h17-18,24-25,29-30,40,42-46,48,51,53,57,63-66,69H,14-16,19-23,26-28,31-39,41H2,1-13H3,(H,70,81)(H,71,77)/t44-,45-,46+,48+,51-,53-,57+,63-,64-,65-,66+/m0/s1. The molecular formula is C68H104N8O15. The molecule has 3 aliphatic heterocycles. The first-order chi connectivity index (χ1) is 43.2. The number of carbonyl (C=O) groups excluding carboxylic acids is 11. The monoisotopic (exact) mass is 1270 g/mol. The van der Waals surface area contributed by atoms with Crippen LogP contribution in [0.25, 0.3) is 10.9 Å². The van der Waals surface area contributed by atoms with E-state index in [0.29, 0.717) is 71.2 Å². The van der Waals surface area contributed by atoms with Gasteiger partial charge in [-0.25, -0.2) is 5.06 Å². The highest BCUT2D eigenvalue weighted by molar-refractivity contribution is 6.12. The van der Waals surface area contributed by atoms with Crippen LogP contribution in [0.3, 0.4) is 0 Å². The van der Waals surface area contributed by atoms with Gasteiger partial charge in [-0.3, -0.25) is 67.4 Å². The molecule has 2 saturated heterocycles. The van der Waals surface area contributed by atoms with Crippen LogP contribution in [-0.2, 0) is 78.2 Å². The Morgan fingerprint density at radius 1 is 0.791 bits per heavy atom. The molecule has 91 heavy (non-hydrogen) atoms. The van der Waals surface area contributed by atoms with E-state index < -0.39 is 90.3 Å². The minimum atomic E-state index is -1.24. The van der Waals surface area contributed by atoms with Crippen molar-refractivity contribution in [3.63, 3.8) is 0 Å². The second-order valence-electron chi connectivity index (χ2n) is 25.9. The number of likely N-dealkylation sites (tertiary alicyclic amines) is 1. The number of likely N-dealkylation sites (N-methyl/N-ethyl adjacent to an activating group) is 2. The summed E-state index contributed by atoms with van der Waals surface area (Å²) in [6.07, 6.45) is 7.47. The molecule has 5 rings (SSSR count). The fourth-order valence-corrected chi connectivity index (χ4v) is 13.3. The maximum atomic E-state index is 14.9. The number of nitrogens with one attached hydrogen (secondary N) is 3. The Hall–Kier alpha value is -6.69. The summed E-state index contributed by atoms with van der Waals surface area (Å²) in [6, 6.07) is 5.01. The molecule has 2 fully saturated rings. The minimum Gasteiger partial charge on any atom is -0.460 e. The van der Waals surface area contributed by atoms with Gasteiger partial charge in [-0.05, 0) is 101 Å². The van der Waals surface area contributed by atoms with Crippen molar-refractivity contribution in [2.45, 2.75) is 201 Å². The lowest BCUT2D eigenvalue weighted by molar-refractivity contribution is -0.201. The number of amides is 7. The summed E-state index contributed by atoms with van der Waals surface area (Å²) < 4.78 is 17.9. The highest BCUT2D eigenvalue weighted by Crippen LogP contribution is 2.33. The number of rotatable bonds is 39. The molecule has 0 spiro atoms. The van der Waals surface area contributed by atoms with Crippen molar-refractivity contribution in [1.82, 2.24) is 40.3 Å². The van der Waals surface area contributed by atoms with E-state index in [1.807, 2.05) is 83.8 Å². The van der Waals surface area contributed by atoms with E-state index >= 15 is 0 Å². The van der Waals surface area contributed by atoms with E-state index in [9.17, 15) is 52.7 Å². The summed E-state index contributed by atoms with van der Waals surface area (Å²) in [6.45, 7) is 17.7. The smallest absolute Gasteiger partial charge is 0.306 e. The lowest BCUT2D eigenvalue weighted by atomic mass is 9.83. The fourth-order valence-electron chi connectivity index (χ4n) is 13.3. The molecule has 23 heteroatoms. The second-order valence-corrected chi connectivity index (χ2v) is 25.9. The van der Waals surface area contributed by atoms with E-state index in [1.165, 1.54) is 38.2 Å². The zero-order valence-electron chi connectivity index (χ0n) is 56.3. The number of hydroxylamine groups is 2. The molecule has 1 aromatic carbocycles. The van der Waals surface area contributed by atoms with Gasteiger partial charge in [0.1, 0.15) is 17.9 Å². The fraction of sp³-hybridized carbons (Fsp3) is 0.691. The number of aromatic nitrogens is 1. The predicted octanol–water partition coefficient (Wildman–Crippen LogP) is 6.34. The summed E-state index contributed by atoms with van der Waals surface area (Å²) in [7, 11) is 6.60. The van der Waals surface area contributed by atoms with Gasteiger partial charge in [0.15, 0.2) is 11.6 Å². The molecular weight excluding hydrogens is 1170 g/mol. The SMILES string of the molecule is CC[C@H](C)[C@@H]([C@@H](CC(=O)N1CCC[C@H]1[C@H](OC)[C@@H](C)C(=O)C[C@@H](Cc1c[nH]c2ccccc12)C(=O)N1CCCCO1)OC)N(C)C(=O)[C@@H](CC(=O)[C@H](C(C)C)N(C)CCCC(=O)O[C@H](C)[C@H](NC(C)=O)C(=O)CNC(=O)CCCCCN1C(=O)C=CC1=O)C(C)C. The maximum absolute atomic E-state index is 14.9. The van der Waals surface area contributed by atoms with E-state index in [2.05, 4.69) is 15.6 Å². The summed E-state index contributed by atoms with van der Waals surface area (Å²) in [5.74, 6) is -6.48. The highest BCUT2D eigenvalue weighted by atomic mass is 16.7. The number of nitrogens with zero attached hydrogens (tertiary/aromatic N) is 5. The molecule has 23 nitrogen and oxygen atoms in total. The number of hydrogen-bond acceptors (Lipinski definition) is 16. The normalized spacial score (nSPS) is 18.6. The molecule has 3 N–H and O–H groups in total. The van der Waals surface area contributed by atoms with Crippen LogP contribution in [0.2, 0.25) is 0 Å². The number of unbranched alkanes of at least 4 members (excludes halogenated alkanes) is 2. The number of fused-ring (bicyclic) bond motifs is 1. The molecule has 0 unspecified atom stereocenters. The summed E-state index contributed by atoms with van der Waals surface area (Å²) in [5, 5.41) is 7.48. The Morgan fingerprint density at radius 2 is 1.49 bits per heavy atom. The molecule has 3 aliphatic rings. The molecule has 2 aromatic rings. The van der Waals surface area contributed by atoms with Crippen LogP contribution in [0, 0.1) is 35.5 Å². The Labute approximate surface area is 538 Å². The number of methoxy groups -OCH3 is 2. The summed E-state index contributed by atoms with van der Waals surface area (Å²) in [5.41, 5.74) is 1.87. The first kappa shape index (κ1) is 75.0. The Bertz CT molecular complexity index is 2830. The zero-order chi connectivity index (χ0) is 67.2. The van der Waals surface area contributed by atoms with Crippen LogP contribution in [0.1, 0.15) is 158 Å². The number of aromatic amines is 1. The minimum absolute atomic E-state index is 0.0384. The van der Waals surface area contributed by atoms with Crippen molar-refractivity contribution in [2.24, 2.45) is 35.5 Å². The maximum Gasteiger partial charge on any atom is 0.306 e. The molecule has 11 atom stereocenters. The van der Waals surface area contributed by atoms with Crippen molar-refractivity contribution in [1.29, 1.82) is 0 Å². The molecule has 4 heterocycles. The average molecular weight is 1270 g/mol. The van der Waals surface area contributed by atoms with Crippen molar-refractivity contribution >= 4 is 75.6 Å². The zero-order valence-corrected chi connectivity index (χ0v) is 56.3. The Balaban J connectivity index is 1.16. The third-order valence-electron chi connectivity index (χ3n) is 18.5. The summed E-state index contributed by atoms with van der Waals surface area (Å²) >= 11 is 0. The van der Waals surface area contributed by atoms with Gasteiger partial charge in [-0.15, -0.1) is 0 Å². The van der Waals surface area contributed by atoms with Gasteiger partial charge in [-0.1, -0.05) is 79.5 Å². The topological polar surface area (TPSA) is 281 Å².